The molecule has 0 aromatic heterocycles. The van der Waals surface area contributed by atoms with Crippen LogP contribution < -0.4 is 9.47 Å². The van der Waals surface area contributed by atoms with Crippen LogP contribution in [0, 0.1) is 5.82 Å². The largest absolute Gasteiger partial charge is 0.497 e. The molecule has 0 atom stereocenters. The average molecular weight is 353 g/mol. The summed E-state index contributed by atoms with van der Waals surface area (Å²) < 4.78 is 24.7. The third-order valence-corrected chi connectivity index (χ3v) is 3.53. The summed E-state index contributed by atoms with van der Waals surface area (Å²) in [7, 11) is 3.02. The van der Waals surface area contributed by atoms with Gasteiger partial charge in [0.05, 0.1) is 14.2 Å². The molecule has 0 saturated carbocycles. The van der Waals surface area contributed by atoms with Crippen LogP contribution in [0.2, 0.25) is 0 Å². The van der Waals surface area contributed by atoms with Crippen molar-refractivity contribution < 1.29 is 18.7 Å². The van der Waals surface area contributed by atoms with Crippen LogP contribution in [0.1, 0.15) is 15.9 Å². The maximum Gasteiger partial charge on any atom is 0.167 e. The van der Waals surface area contributed by atoms with E-state index in [1.54, 1.807) is 30.3 Å². The molecule has 0 radical (unpaired) electrons. The first-order chi connectivity index (χ1) is 10.0. The van der Waals surface area contributed by atoms with E-state index >= 15 is 0 Å². The molecule has 2 rings (SSSR count). The molecule has 0 aliphatic rings. The maximum atomic E-state index is 13.7. The van der Waals surface area contributed by atoms with Crippen LogP contribution in [0.3, 0.4) is 0 Å². The first kappa shape index (κ1) is 15.5. The van der Waals surface area contributed by atoms with Crippen molar-refractivity contribution in [3.8, 4) is 11.5 Å². The van der Waals surface area contributed by atoms with Crippen LogP contribution in [0.5, 0.6) is 11.5 Å². The lowest BCUT2D eigenvalue weighted by Crippen LogP contribution is -2.06. The zero-order chi connectivity index (χ0) is 15.4. The Balaban J connectivity index is 2.29. The minimum Gasteiger partial charge on any atom is -0.497 e. The molecule has 3 nitrogen and oxygen atoms in total. The van der Waals surface area contributed by atoms with E-state index in [1.165, 1.54) is 20.3 Å². The minimum absolute atomic E-state index is 0.0262. The number of carbonyl (C=O) groups is 1. The molecule has 0 fully saturated rings. The zero-order valence-corrected chi connectivity index (χ0v) is 13.2. The van der Waals surface area contributed by atoms with Gasteiger partial charge in [-0.1, -0.05) is 15.9 Å². The summed E-state index contributed by atoms with van der Waals surface area (Å²) in [4.78, 5) is 12.3. The predicted molar refractivity (Wildman–Crippen MR) is 81.7 cm³/mol. The summed E-state index contributed by atoms with van der Waals surface area (Å²) in [5.41, 5.74) is 0.765. The average Bonchev–Trinajstić information content (AvgIpc) is 2.50. The summed E-state index contributed by atoms with van der Waals surface area (Å²) in [6.07, 6.45) is -0.0262. The molecule has 0 heterocycles. The van der Waals surface area contributed by atoms with Crippen LogP contribution in [-0.4, -0.2) is 20.0 Å². The molecular weight excluding hydrogens is 339 g/mol. The number of methoxy groups -OCH3 is 2. The molecule has 0 saturated heterocycles. The van der Waals surface area contributed by atoms with E-state index in [-0.39, 0.29) is 12.2 Å². The van der Waals surface area contributed by atoms with Crippen LogP contribution in [0.25, 0.3) is 0 Å². The Morgan fingerprint density at radius 1 is 1.10 bits per heavy atom. The standard InChI is InChI=1S/C16H14BrFO3/c1-20-13-6-11(7-14(9-13)21-2)16(19)8-10-5-12(17)3-4-15(10)18/h3-7,9H,8H2,1-2H3. The highest BCUT2D eigenvalue weighted by Gasteiger charge is 2.13. The summed E-state index contributed by atoms with van der Waals surface area (Å²) in [5.74, 6) is 0.436. The summed E-state index contributed by atoms with van der Waals surface area (Å²) in [5, 5.41) is 0. The second kappa shape index (κ2) is 6.72. The van der Waals surface area contributed by atoms with Gasteiger partial charge in [0.15, 0.2) is 5.78 Å². The fraction of sp³-hybridized carbons (Fsp3) is 0.188. The van der Waals surface area contributed by atoms with Gasteiger partial charge in [-0.05, 0) is 35.9 Å². The van der Waals surface area contributed by atoms with Gasteiger partial charge in [-0.25, -0.2) is 4.39 Å². The predicted octanol–water partition coefficient (Wildman–Crippen LogP) is 4.03. The second-order valence-electron chi connectivity index (χ2n) is 4.44. The number of ketones is 1. The molecule has 0 aliphatic carbocycles. The Bertz CT molecular complexity index is 648. The van der Waals surface area contributed by atoms with Gasteiger partial charge in [0.1, 0.15) is 17.3 Å². The molecule has 21 heavy (non-hydrogen) atoms. The quantitative estimate of drug-likeness (QED) is 0.762. The van der Waals surface area contributed by atoms with Gasteiger partial charge in [0.25, 0.3) is 0 Å². The molecule has 110 valence electrons. The van der Waals surface area contributed by atoms with E-state index in [4.69, 9.17) is 9.47 Å². The summed E-state index contributed by atoms with van der Waals surface area (Å²) >= 11 is 3.27. The molecule has 0 unspecified atom stereocenters. The second-order valence-corrected chi connectivity index (χ2v) is 5.35. The molecule has 0 bridgehead atoms. The first-order valence-electron chi connectivity index (χ1n) is 6.23. The van der Waals surface area contributed by atoms with Gasteiger partial charge in [0, 0.05) is 22.5 Å². The molecule has 2 aromatic rings. The van der Waals surface area contributed by atoms with Crippen molar-refractivity contribution in [2.45, 2.75) is 6.42 Å². The van der Waals surface area contributed by atoms with Crippen molar-refractivity contribution in [3.63, 3.8) is 0 Å². The van der Waals surface area contributed by atoms with E-state index in [1.807, 2.05) is 0 Å². The van der Waals surface area contributed by atoms with Gasteiger partial charge >= 0.3 is 0 Å². The SMILES string of the molecule is COc1cc(OC)cc(C(=O)Cc2cc(Br)ccc2F)c1. The van der Waals surface area contributed by atoms with Crippen LogP contribution >= 0.6 is 15.9 Å². The number of benzene rings is 2. The van der Waals surface area contributed by atoms with Gasteiger partial charge in [-0.15, -0.1) is 0 Å². The fourth-order valence-corrected chi connectivity index (χ4v) is 2.33. The smallest absolute Gasteiger partial charge is 0.167 e. The summed E-state index contributed by atoms with van der Waals surface area (Å²) in [6, 6.07) is 9.43. The third kappa shape index (κ3) is 3.82. The number of carbonyl (C=O) groups excluding carboxylic acids is 1. The van der Waals surface area contributed by atoms with Gasteiger partial charge in [-0.3, -0.25) is 4.79 Å². The molecule has 2 aromatic carbocycles. The van der Waals surface area contributed by atoms with E-state index in [0.29, 0.717) is 22.6 Å². The normalized spacial score (nSPS) is 10.3. The van der Waals surface area contributed by atoms with Crippen LogP contribution in [0.15, 0.2) is 40.9 Å². The lowest BCUT2D eigenvalue weighted by Gasteiger charge is -2.08. The highest BCUT2D eigenvalue weighted by atomic mass is 79.9. The van der Waals surface area contributed by atoms with Crippen LogP contribution in [0.4, 0.5) is 4.39 Å². The Kier molecular flexibility index (Phi) is 4.96. The topological polar surface area (TPSA) is 35.5 Å². The molecular formula is C16H14BrFO3. The molecule has 0 spiro atoms. The van der Waals surface area contributed by atoms with Gasteiger partial charge < -0.3 is 9.47 Å². The Hall–Kier alpha value is -1.88. The Labute approximate surface area is 130 Å². The minimum atomic E-state index is -0.401. The third-order valence-electron chi connectivity index (χ3n) is 3.03. The zero-order valence-electron chi connectivity index (χ0n) is 11.7. The van der Waals surface area contributed by atoms with E-state index in [9.17, 15) is 9.18 Å². The number of halogens is 2. The van der Waals surface area contributed by atoms with Crippen molar-refractivity contribution in [2.24, 2.45) is 0 Å². The first-order valence-corrected chi connectivity index (χ1v) is 7.03. The fourth-order valence-electron chi connectivity index (χ4n) is 1.92. The number of hydrogen-bond acceptors (Lipinski definition) is 3. The van der Waals surface area contributed by atoms with Crippen LogP contribution in [-0.2, 0) is 6.42 Å². The van der Waals surface area contributed by atoms with Crippen molar-refractivity contribution in [1.82, 2.24) is 0 Å². The lowest BCUT2D eigenvalue weighted by molar-refractivity contribution is 0.0991. The number of ether oxygens (including phenoxy) is 2. The van der Waals surface area contributed by atoms with E-state index < -0.39 is 5.82 Å². The molecule has 0 aliphatic heterocycles. The monoisotopic (exact) mass is 352 g/mol. The van der Waals surface area contributed by atoms with Crippen molar-refractivity contribution in [1.29, 1.82) is 0 Å². The van der Waals surface area contributed by atoms with Crippen molar-refractivity contribution >= 4 is 21.7 Å². The number of rotatable bonds is 5. The van der Waals surface area contributed by atoms with E-state index in [2.05, 4.69) is 15.9 Å². The lowest BCUT2D eigenvalue weighted by atomic mass is 10.0. The van der Waals surface area contributed by atoms with E-state index in [0.717, 1.165) is 4.47 Å². The highest BCUT2D eigenvalue weighted by molar-refractivity contribution is 9.10. The Morgan fingerprint density at radius 3 is 2.29 bits per heavy atom. The molecule has 0 N–H and O–H groups in total. The Morgan fingerprint density at radius 2 is 1.71 bits per heavy atom. The number of hydrogen-bond donors (Lipinski definition) is 0. The maximum absolute atomic E-state index is 13.7. The van der Waals surface area contributed by atoms with Gasteiger partial charge in [0.2, 0.25) is 0 Å². The van der Waals surface area contributed by atoms with Crippen molar-refractivity contribution in [3.05, 3.63) is 57.8 Å². The number of Topliss-reactive ketones (excluding diaryl/α,β-unsaturated/α-hetero) is 1. The van der Waals surface area contributed by atoms with Gasteiger partial charge in [-0.2, -0.15) is 0 Å². The molecule has 5 heteroatoms. The highest BCUT2D eigenvalue weighted by Crippen LogP contribution is 2.24. The summed E-state index contributed by atoms with van der Waals surface area (Å²) in [6.45, 7) is 0. The molecule has 0 amide bonds. The van der Waals surface area contributed by atoms with Crippen molar-refractivity contribution in [2.75, 3.05) is 14.2 Å².